The second-order valence-corrected chi connectivity index (χ2v) is 5.24. The molecule has 0 aliphatic heterocycles. The van der Waals surface area contributed by atoms with Gasteiger partial charge < -0.3 is 10.6 Å². The van der Waals surface area contributed by atoms with E-state index in [1.165, 1.54) is 9.75 Å². The molecule has 0 aliphatic carbocycles. The zero-order valence-electron chi connectivity index (χ0n) is 10.9. The molecule has 3 nitrogen and oxygen atoms in total. The number of hydrogen-bond donors (Lipinski definition) is 2. The second-order valence-electron chi connectivity index (χ2n) is 3.86. The second kappa shape index (κ2) is 8.74. The van der Waals surface area contributed by atoms with Gasteiger partial charge in [0.2, 0.25) is 0 Å². The molecule has 0 amide bonds. The summed E-state index contributed by atoms with van der Waals surface area (Å²) in [5.41, 5.74) is 0. The third-order valence-electron chi connectivity index (χ3n) is 2.25. The molecule has 1 atom stereocenters. The molecule has 5 heteroatoms. The van der Waals surface area contributed by atoms with Crippen molar-refractivity contribution in [2.75, 3.05) is 13.6 Å². The highest BCUT2D eigenvalue weighted by Gasteiger charge is 2.06. The number of halogens is 1. The molecule has 0 aromatic carbocycles. The van der Waals surface area contributed by atoms with Gasteiger partial charge in [0, 0.05) is 35.8 Å². The number of nitrogens with zero attached hydrogens (tertiary/aromatic N) is 1. The van der Waals surface area contributed by atoms with E-state index in [9.17, 15) is 0 Å². The van der Waals surface area contributed by atoms with Crippen molar-refractivity contribution in [3.63, 3.8) is 0 Å². The lowest BCUT2D eigenvalue weighted by molar-refractivity contribution is 0.648. The van der Waals surface area contributed by atoms with Crippen LogP contribution in [0.1, 0.15) is 23.6 Å². The monoisotopic (exact) mass is 367 g/mol. The van der Waals surface area contributed by atoms with Crippen molar-refractivity contribution in [2.45, 2.75) is 33.2 Å². The summed E-state index contributed by atoms with van der Waals surface area (Å²) in [7, 11) is 1.80. The van der Waals surface area contributed by atoms with Crippen LogP contribution in [0.5, 0.6) is 0 Å². The van der Waals surface area contributed by atoms with Crippen LogP contribution in [0, 0.1) is 6.92 Å². The van der Waals surface area contributed by atoms with Gasteiger partial charge in [-0.15, -0.1) is 35.3 Å². The van der Waals surface area contributed by atoms with Gasteiger partial charge in [0.25, 0.3) is 0 Å². The number of hydrogen-bond acceptors (Lipinski definition) is 2. The highest BCUT2D eigenvalue weighted by atomic mass is 127. The third kappa shape index (κ3) is 6.26. The summed E-state index contributed by atoms with van der Waals surface area (Å²) in [6.07, 6.45) is 1.04. The Morgan fingerprint density at radius 2 is 2.18 bits per heavy atom. The van der Waals surface area contributed by atoms with Crippen molar-refractivity contribution in [3.05, 3.63) is 21.9 Å². The minimum atomic E-state index is 0. The highest BCUT2D eigenvalue weighted by Crippen LogP contribution is 2.16. The molecule has 0 saturated heterocycles. The average Bonchev–Trinajstić information content (AvgIpc) is 2.63. The molecule has 0 spiro atoms. The molecular weight excluding hydrogens is 345 g/mol. The fourth-order valence-corrected chi connectivity index (χ4v) is 2.56. The number of guanidine groups is 1. The molecule has 1 unspecified atom stereocenters. The molecule has 17 heavy (non-hydrogen) atoms. The van der Waals surface area contributed by atoms with E-state index in [1.807, 2.05) is 11.3 Å². The lowest BCUT2D eigenvalue weighted by Gasteiger charge is -2.16. The van der Waals surface area contributed by atoms with E-state index in [2.05, 4.69) is 48.5 Å². The number of aliphatic imine (C=N–C) groups is 1. The van der Waals surface area contributed by atoms with E-state index in [0.717, 1.165) is 18.9 Å². The van der Waals surface area contributed by atoms with Gasteiger partial charge in [0.1, 0.15) is 0 Å². The topological polar surface area (TPSA) is 36.4 Å². The van der Waals surface area contributed by atoms with Crippen molar-refractivity contribution >= 4 is 41.3 Å². The van der Waals surface area contributed by atoms with Crippen molar-refractivity contribution in [3.8, 4) is 0 Å². The number of thiophene rings is 1. The molecule has 0 radical (unpaired) electrons. The largest absolute Gasteiger partial charge is 0.357 e. The van der Waals surface area contributed by atoms with Crippen LogP contribution in [0.3, 0.4) is 0 Å². The van der Waals surface area contributed by atoms with Gasteiger partial charge in [-0.2, -0.15) is 0 Å². The van der Waals surface area contributed by atoms with Crippen molar-refractivity contribution < 1.29 is 0 Å². The molecule has 1 aromatic rings. The molecule has 1 rings (SSSR count). The molecule has 0 aliphatic rings. The lowest BCUT2D eigenvalue weighted by Crippen LogP contribution is -2.42. The van der Waals surface area contributed by atoms with Crippen LogP contribution in [0.2, 0.25) is 0 Å². The Kier molecular flexibility index (Phi) is 8.59. The predicted molar refractivity (Wildman–Crippen MR) is 87.8 cm³/mol. The summed E-state index contributed by atoms with van der Waals surface area (Å²) in [4.78, 5) is 6.96. The van der Waals surface area contributed by atoms with Crippen molar-refractivity contribution in [1.82, 2.24) is 10.6 Å². The Bertz CT molecular complexity index is 349. The number of aryl methyl sites for hydroxylation is 1. The van der Waals surface area contributed by atoms with Crippen LogP contribution >= 0.6 is 35.3 Å². The first-order valence-corrected chi connectivity index (χ1v) is 6.49. The first-order valence-electron chi connectivity index (χ1n) is 5.68. The van der Waals surface area contributed by atoms with Gasteiger partial charge in [-0.05, 0) is 32.9 Å². The fraction of sp³-hybridized carbons (Fsp3) is 0.583. The summed E-state index contributed by atoms with van der Waals surface area (Å²) in [6, 6.07) is 4.77. The molecule has 1 heterocycles. The Balaban J connectivity index is 0.00000256. The van der Waals surface area contributed by atoms with Crippen LogP contribution in [0.4, 0.5) is 0 Å². The zero-order chi connectivity index (χ0) is 12.0. The minimum absolute atomic E-state index is 0. The van der Waals surface area contributed by atoms with E-state index in [4.69, 9.17) is 0 Å². The van der Waals surface area contributed by atoms with Crippen LogP contribution in [0.15, 0.2) is 17.1 Å². The normalized spacial score (nSPS) is 12.8. The molecular formula is C12H22IN3S. The Morgan fingerprint density at radius 3 is 2.65 bits per heavy atom. The maximum absolute atomic E-state index is 4.16. The minimum Gasteiger partial charge on any atom is -0.357 e. The van der Waals surface area contributed by atoms with E-state index in [-0.39, 0.29) is 24.0 Å². The van der Waals surface area contributed by atoms with Gasteiger partial charge >= 0.3 is 0 Å². The quantitative estimate of drug-likeness (QED) is 0.488. The van der Waals surface area contributed by atoms with Crippen LogP contribution in [-0.2, 0) is 6.42 Å². The van der Waals surface area contributed by atoms with Gasteiger partial charge in [0.05, 0.1) is 0 Å². The van der Waals surface area contributed by atoms with Gasteiger partial charge in [-0.3, -0.25) is 4.99 Å². The standard InChI is InChI=1S/C12H21N3S.HI/c1-5-14-12(13-4)15-9(2)8-11-7-6-10(3)16-11;/h6-7,9H,5,8H2,1-4H3,(H2,13,14,15);1H. The summed E-state index contributed by atoms with van der Waals surface area (Å²) >= 11 is 1.86. The molecule has 1 aromatic heterocycles. The molecule has 0 fully saturated rings. The van der Waals surface area contributed by atoms with E-state index >= 15 is 0 Å². The maximum Gasteiger partial charge on any atom is 0.191 e. The predicted octanol–water partition coefficient (Wildman–Crippen LogP) is 2.79. The third-order valence-corrected chi connectivity index (χ3v) is 3.28. The number of nitrogens with one attached hydrogen (secondary N) is 2. The van der Waals surface area contributed by atoms with Gasteiger partial charge in [-0.1, -0.05) is 0 Å². The summed E-state index contributed by atoms with van der Waals surface area (Å²) < 4.78 is 0. The van der Waals surface area contributed by atoms with Crippen LogP contribution in [-0.4, -0.2) is 25.6 Å². The summed E-state index contributed by atoms with van der Waals surface area (Å²) in [5.74, 6) is 0.878. The highest BCUT2D eigenvalue weighted by molar-refractivity contribution is 14.0. The van der Waals surface area contributed by atoms with E-state index in [1.54, 1.807) is 7.05 Å². The van der Waals surface area contributed by atoms with Crippen molar-refractivity contribution in [1.29, 1.82) is 0 Å². The van der Waals surface area contributed by atoms with E-state index < -0.39 is 0 Å². The Morgan fingerprint density at radius 1 is 1.47 bits per heavy atom. The Hall–Kier alpha value is -0.300. The first kappa shape index (κ1) is 16.7. The molecule has 0 saturated carbocycles. The average molecular weight is 367 g/mol. The smallest absolute Gasteiger partial charge is 0.191 e. The first-order chi connectivity index (χ1) is 7.65. The molecule has 2 N–H and O–H groups in total. The fourth-order valence-electron chi connectivity index (χ4n) is 1.54. The Labute approximate surface area is 125 Å². The summed E-state index contributed by atoms with van der Waals surface area (Å²) in [6.45, 7) is 7.28. The van der Waals surface area contributed by atoms with Crippen molar-refractivity contribution in [2.24, 2.45) is 4.99 Å². The SMILES string of the molecule is CCNC(=NC)NC(C)Cc1ccc(C)s1.I. The zero-order valence-corrected chi connectivity index (χ0v) is 14.1. The van der Waals surface area contributed by atoms with Gasteiger partial charge in [-0.25, -0.2) is 0 Å². The maximum atomic E-state index is 4.16. The van der Waals surface area contributed by atoms with E-state index in [0.29, 0.717) is 6.04 Å². The molecule has 0 bridgehead atoms. The van der Waals surface area contributed by atoms with Crippen LogP contribution < -0.4 is 10.6 Å². The lowest BCUT2D eigenvalue weighted by atomic mass is 10.2. The number of rotatable bonds is 4. The van der Waals surface area contributed by atoms with Crippen LogP contribution in [0.25, 0.3) is 0 Å². The van der Waals surface area contributed by atoms with Gasteiger partial charge in [0.15, 0.2) is 5.96 Å². The molecule has 98 valence electrons. The summed E-state index contributed by atoms with van der Waals surface area (Å²) in [5, 5.41) is 6.57.